The predicted molar refractivity (Wildman–Crippen MR) is 66.4 cm³/mol. The van der Waals surface area contributed by atoms with E-state index in [0.717, 1.165) is 12.3 Å². The molecule has 21 heavy (non-hydrogen) atoms. The Morgan fingerprint density at radius 3 is 2.48 bits per heavy atom. The van der Waals surface area contributed by atoms with Crippen LogP contribution in [0.15, 0.2) is 23.1 Å². The van der Waals surface area contributed by atoms with Crippen LogP contribution in [-0.2, 0) is 6.42 Å². The van der Waals surface area contributed by atoms with Crippen LogP contribution >= 0.6 is 0 Å². The van der Waals surface area contributed by atoms with Crippen molar-refractivity contribution >= 4 is 5.91 Å². The van der Waals surface area contributed by atoms with Gasteiger partial charge in [0.05, 0.1) is 0 Å². The summed E-state index contributed by atoms with van der Waals surface area (Å²) in [5, 5.41) is 9.51. The van der Waals surface area contributed by atoms with Gasteiger partial charge in [-0.1, -0.05) is 0 Å². The molecule has 1 heterocycles. The van der Waals surface area contributed by atoms with Crippen molar-refractivity contribution in [2.75, 3.05) is 0 Å². The van der Waals surface area contributed by atoms with Gasteiger partial charge in [0.2, 0.25) is 5.43 Å². The highest BCUT2D eigenvalue weighted by Gasteiger charge is 2.19. The fraction of sp³-hybridized carbons (Fsp3) is 0.0769. The number of aromatic amines is 1. The normalized spacial score (nSPS) is 10.6. The molecule has 0 bridgehead atoms. The Labute approximate surface area is 115 Å². The number of aromatic nitrogens is 1. The van der Waals surface area contributed by atoms with Crippen LogP contribution in [0.4, 0.5) is 13.2 Å². The second-order valence-electron chi connectivity index (χ2n) is 4.23. The molecule has 0 saturated heterocycles. The molecule has 4 N–H and O–H groups in total. The minimum absolute atomic E-state index is 0.249. The van der Waals surface area contributed by atoms with Crippen LogP contribution in [0.5, 0.6) is 5.75 Å². The zero-order valence-electron chi connectivity index (χ0n) is 10.4. The highest BCUT2D eigenvalue weighted by atomic mass is 19.2. The lowest BCUT2D eigenvalue weighted by Crippen LogP contribution is -2.20. The Hall–Kier alpha value is -2.77. The van der Waals surface area contributed by atoms with Crippen molar-refractivity contribution in [3.05, 3.63) is 62.8 Å². The Balaban J connectivity index is 2.52. The van der Waals surface area contributed by atoms with E-state index in [-0.39, 0.29) is 5.56 Å². The Morgan fingerprint density at radius 2 is 1.86 bits per heavy atom. The smallest absolute Gasteiger partial charge is 0.269 e. The summed E-state index contributed by atoms with van der Waals surface area (Å²) in [5.41, 5.74) is 2.46. The highest BCUT2D eigenvalue weighted by molar-refractivity contribution is 5.93. The molecule has 0 aliphatic carbocycles. The lowest BCUT2D eigenvalue weighted by atomic mass is 10.0. The van der Waals surface area contributed by atoms with Crippen LogP contribution in [0.2, 0.25) is 0 Å². The molecule has 0 unspecified atom stereocenters. The number of hydrogen-bond donors (Lipinski definition) is 3. The van der Waals surface area contributed by atoms with E-state index in [1.807, 2.05) is 0 Å². The molecule has 8 heteroatoms. The number of pyridine rings is 1. The van der Waals surface area contributed by atoms with Crippen LogP contribution in [0.25, 0.3) is 0 Å². The first-order valence-corrected chi connectivity index (χ1v) is 5.68. The van der Waals surface area contributed by atoms with Crippen molar-refractivity contribution < 1.29 is 23.1 Å². The molecule has 2 aromatic rings. The number of halogens is 3. The second-order valence-corrected chi connectivity index (χ2v) is 4.23. The summed E-state index contributed by atoms with van der Waals surface area (Å²) in [6.07, 6.45) is 0.378. The Kier molecular flexibility index (Phi) is 3.70. The number of benzene rings is 1. The third-order valence-corrected chi connectivity index (χ3v) is 2.89. The minimum atomic E-state index is -1.42. The van der Waals surface area contributed by atoms with Crippen molar-refractivity contribution in [1.82, 2.24) is 4.98 Å². The maximum Gasteiger partial charge on any atom is 0.269 e. The van der Waals surface area contributed by atoms with Crippen LogP contribution in [0.3, 0.4) is 0 Å². The largest absolute Gasteiger partial charge is 0.503 e. The summed E-state index contributed by atoms with van der Waals surface area (Å²) < 4.78 is 40.1. The zero-order valence-corrected chi connectivity index (χ0v) is 10.4. The number of H-pyrrole nitrogens is 1. The van der Waals surface area contributed by atoms with Crippen molar-refractivity contribution in [2.24, 2.45) is 5.73 Å². The number of hydrogen-bond acceptors (Lipinski definition) is 3. The van der Waals surface area contributed by atoms with Crippen LogP contribution < -0.4 is 11.2 Å². The second kappa shape index (κ2) is 5.31. The molecule has 0 fully saturated rings. The highest BCUT2D eigenvalue weighted by Crippen LogP contribution is 2.19. The minimum Gasteiger partial charge on any atom is -0.503 e. The van der Waals surface area contributed by atoms with E-state index in [1.165, 1.54) is 0 Å². The van der Waals surface area contributed by atoms with E-state index in [4.69, 9.17) is 5.73 Å². The molecule has 110 valence electrons. The number of amides is 1. The van der Waals surface area contributed by atoms with Gasteiger partial charge in [-0.15, -0.1) is 0 Å². The number of carbonyl (C=O) groups is 1. The molecule has 2 rings (SSSR count). The van der Waals surface area contributed by atoms with Gasteiger partial charge in [-0.3, -0.25) is 9.59 Å². The summed E-state index contributed by atoms with van der Waals surface area (Å²) in [6, 6.07) is 1.34. The third kappa shape index (κ3) is 2.60. The molecular formula is C13H9F3N2O3. The monoisotopic (exact) mass is 298 g/mol. The lowest BCUT2D eigenvalue weighted by molar-refractivity contribution is 0.0992. The molecule has 0 spiro atoms. The van der Waals surface area contributed by atoms with Crippen molar-refractivity contribution in [3.63, 3.8) is 0 Å². The summed E-state index contributed by atoms with van der Waals surface area (Å²) in [6.45, 7) is 0. The van der Waals surface area contributed by atoms with Crippen molar-refractivity contribution in [2.45, 2.75) is 6.42 Å². The number of nitrogens with one attached hydrogen (secondary N) is 1. The first kappa shape index (κ1) is 14.6. The molecule has 0 saturated carbocycles. The molecule has 1 aromatic heterocycles. The van der Waals surface area contributed by atoms with Crippen LogP contribution in [0, 0.1) is 17.5 Å². The fourth-order valence-electron chi connectivity index (χ4n) is 1.80. The van der Waals surface area contributed by atoms with E-state index in [9.17, 15) is 27.9 Å². The Bertz CT molecular complexity index is 787. The fourth-order valence-corrected chi connectivity index (χ4v) is 1.80. The van der Waals surface area contributed by atoms with Gasteiger partial charge in [-0.25, -0.2) is 13.2 Å². The zero-order chi connectivity index (χ0) is 15.7. The van der Waals surface area contributed by atoms with E-state index in [1.54, 1.807) is 0 Å². The standard InChI is InChI=1S/C13H9F3N2O3/c14-7-1-2-8(15)9(16)6(7)3-5-4-18-10(13(17)21)12(20)11(5)19/h1-2,4,20H,3H2,(H2,17,21)(H,18,19). The lowest BCUT2D eigenvalue weighted by Gasteiger charge is -2.07. The molecule has 5 nitrogen and oxygen atoms in total. The van der Waals surface area contributed by atoms with Crippen molar-refractivity contribution in [3.8, 4) is 5.75 Å². The quantitative estimate of drug-likeness (QED) is 0.743. The molecule has 0 aliphatic heterocycles. The maximum absolute atomic E-state index is 13.5. The molecule has 0 aliphatic rings. The molecule has 0 atom stereocenters. The van der Waals surface area contributed by atoms with Gasteiger partial charge in [0.25, 0.3) is 5.91 Å². The number of primary amides is 1. The van der Waals surface area contributed by atoms with Gasteiger partial charge in [0.1, 0.15) is 5.82 Å². The summed E-state index contributed by atoms with van der Waals surface area (Å²) in [4.78, 5) is 25.0. The van der Waals surface area contributed by atoms with Crippen LogP contribution in [-0.4, -0.2) is 16.0 Å². The van der Waals surface area contributed by atoms with E-state index >= 15 is 0 Å². The average molecular weight is 298 g/mol. The summed E-state index contributed by atoms with van der Waals surface area (Å²) in [7, 11) is 0. The maximum atomic E-state index is 13.5. The van der Waals surface area contributed by atoms with Gasteiger partial charge >= 0.3 is 0 Å². The van der Waals surface area contributed by atoms with E-state index < -0.39 is 52.2 Å². The number of nitrogens with two attached hydrogens (primary N) is 1. The van der Waals surface area contributed by atoms with Crippen molar-refractivity contribution in [1.29, 1.82) is 0 Å². The SMILES string of the molecule is NC(=O)c1[nH]cc(Cc2c(F)ccc(F)c2F)c(=O)c1O. The van der Waals surface area contributed by atoms with Crippen LogP contribution in [0.1, 0.15) is 21.6 Å². The number of carbonyl (C=O) groups excluding carboxylic acids is 1. The first-order chi connectivity index (χ1) is 9.82. The molecule has 1 aromatic carbocycles. The topological polar surface area (TPSA) is 96.2 Å². The molecule has 1 amide bonds. The van der Waals surface area contributed by atoms with E-state index in [2.05, 4.69) is 4.98 Å². The number of rotatable bonds is 3. The summed E-state index contributed by atoms with van der Waals surface area (Å²) in [5.74, 6) is -5.75. The Morgan fingerprint density at radius 1 is 1.24 bits per heavy atom. The predicted octanol–water partition coefficient (Wildman–Crippen LogP) is 1.19. The molecular weight excluding hydrogens is 289 g/mol. The van der Waals surface area contributed by atoms with Gasteiger partial charge in [0, 0.05) is 23.7 Å². The third-order valence-electron chi connectivity index (χ3n) is 2.89. The average Bonchev–Trinajstić information content (AvgIpc) is 2.43. The van der Waals surface area contributed by atoms with E-state index in [0.29, 0.717) is 6.07 Å². The van der Waals surface area contributed by atoms with Gasteiger partial charge in [-0.05, 0) is 12.1 Å². The number of aromatic hydroxyl groups is 1. The van der Waals surface area contributed by atoms with Gasteiger partial charge < -0.3 is 15.8 Å². The first-order valence-electron chi connectivity index (χ1n) is 5.68. The van der Waals surface area contributed by atoms with Gasteiger partial charge in [-0.2, -0.15) is 0 Å². The van der Waals surface area contributed by atoms with Gasteiger partial charge in [0.15, 0.2) is 23.1 Å². The molecule has 0 radical (unpaired) electrons. The summed E-state index contributed by atoms with van der Waals surface area (Å²) >= 11 is 0.